The highest BCUT2D eigenvalue weighted by molar-refractivity contribution is 4.91. The number of hydrogen-bond acceptors (Lipinski definition) is 2. The van der Waals surface area contributed by atoms with Crippen LogP contribution in [0.25, 0.3) is 0 Å². The summed E-state index contributed by atoms with van der Waals surface area (Å²) >= 11 is 0. The molecule has 0 atom stereocenters. The van der Waals surface area contributed by atoms with Crippen LogP contribution in [0.1, 0.15) is 32.0 Å². The number of imidazole rings is 1. The first kappa shape index (κ1) is 9.71. The Kier molecular flexibility index (Phi) is 3.19. The fraction of sp³-hybridized carbons (Fsp3) is 0.727. The number of nitrogens with one attached hydrogen (secondary N) is 1. The quantitative estimate of drug-likeness (QED) is 0.772. The van der Waals surface area contributed by atoms with Gasteiger partial charge in [-0.3, -0.25) is 0 Å². The van der Waals surface area contributed by atoms with Crippen molar-refractivity contribution in [3.63, 3.8) is 0 Å². The average molecular weight is 193 g/mol. The van der Waals surface area contributed by atoms with Crippen LogP contribution in [0, 0.1) is 5.92 Å². The van der Waals surface area contributed by atoms with Gasteiger partial charge in [0.2, 0.25) is 0 Å². The zero-order chi connectivity index (χ0) is 9.80. The molecule has 1 aromatic heterocycles. The maximum Gasteiger partial charge on any atom is 0.122 e. The number of rotatable bonds is 5. The van der Waals surface area contributed by atoms with Crippen LogP contribution in [0.5, 0.6) is 0 Å². The lowest BCUT2D eigenvalue weighted by molar-refractivity contribution is 0.300. The van der Waals surface area contributed by atoms with Crippen molar-refractivity contribution in [1.29, 1.82) is 0 Å². The van der Waals surface area contributed by atoms with Crippen molar-refractivity contribution < 1.29 is 0 Å². The van der Waals surface area contributed by atoms with Crippen LogP contribution >= 0.6 is 0 Å². The van der Waals surface area contributed by atoms with Crippen LogP contribution in [0.3, 0.4) is 0 Å². The highest BCUT2D eigenvalue weighted by Crippen LogP contribution is 2.25. The van der Waals surface area contributed by atoms with Gasteiger partial charge in [0.05, 0.1) is 6.54 Å². The minimum absolute atomic E-state index is 0.914. The summed E-state index contributed by atoms with van der Waals surface area (Å²) in [5, 5.41) is 3.48. The summed E-state index contributed by atoms with van der Waals surface area (Å²) < 4.78 is 2.19. The van der Waals surface area contributed by atoms with Crippen molar-refractivity contribution in [1.82, 2.24) is 14.9 Å². The molecule has 78 valence electrons. The summed E-state index contributed by atoms with van der Waals surface area (Å²) in [5.74, 6) is 2.09. The summed E-state index contributed by atoms with van der Waals surface area (Å²) in [6.45, 7) is 5.24. The zero-order valence-corrected chi connectivity index (χ0v) is 8.87. The van der Waals surface area contributed by atoms with Crippen LogP contribution in [-0.4, -0.2) is 16.1 Å². The third-order valence-electron chi connectivity index (χ3n) is 3.08. The lowest BCUT2D eigenvalue weighted by Gasteiger charge is -2.25. The Morgan fingerprint density at radius 2 is 2.43 bits per heavy atom. The fourth-order valence-corrected chi connectivity index (χ4v) is 1.88. The monoisotopic (exact) mass is 193 g/mol. The van der Waals surface area contributed by atoms with Gasteiger partial charge in [0.1, 0.15) is 5.82 Å². The number of aryl methyl sites for hydroxylation is 1. The Labute approximate surface area is 85.5 Å². The molecule has 1 fully saturated rings. The zero-order valence-electron chi connectivity index (χ0n) is 8.87. The van der Waals surface area contributed by atoms with E-state index in [2.05, 4.69) is 21.8 Å². The van der Waals surface area contributed by atoms with Crippen molar-refractivity contribution in [2.45, 2.75) is 39.3 Å². The van der Waals surface area contributed by atoms with E-state index in [1.165, 1.54) is 19.3 Å². The molecule has 1 aliphatic rings. The Morgan fingerprint density at radius 1 is 1.57 bits per heavy atom. The second-order valence-electron chi connectivity index (χ2n) is 4.06. The van der Waals surface area contributed by atoms with Gasteiger partial charge in [0, 0.05) is 18.9 Å². The molecule has 1 aromatic rings. The molecule has 1 N–H and O–H groups in total. The highest BCUT2D eigenvalue weighted by atomic mass is 15.1. The molecular formula is C11H19N3. The predicted molar refractivity (Wildman–Crippen MR) is 56.9 cm³/mol. The van der Waals surface area contributed by atoms with Crippen molar-refractivity contribution in [2.75, 3.05) is 6.54 Å². The maximum absolute atomic E-state index is 4.33. The molecule has 3 nitrogen and oxygen atoms in total. The average Bonchev–Trinajstić information content (AvgIpc) is 2.56. The molecule has 0 unspecified atom stereocenters. The SMILES string of the molecule is CCn1ccnc1CNCC1CCC1. The summed E-state index contributed by atoms with van der Waals surface area (Å²) in [7, 11) is 0. The molecule has 0 radical (unpaired) electrons. The Bertz CT molecular complexity index is 276. The van der Waals surface area contributed by atoms with Crippen LogP contribution < -0.4 is 5.32 Å². The standard InChI is InChI=1S/C11H19N3/c1-2-14-7-6-13-11(14)9-12-8-10-4-3-5-10/h6-7,10,12H,2-5,8-9H2,1H3. The molecular weight excluding hydrogens is 174 g/mol. The lowest BCUT2D eigenvalue weighted by Crippen LogP contribution is -2.27. The first-order valence-electron chi connectivity index (χ1n) is 5.61. The minimum atomic E-state index is 0.914. The third kappa shape index (κ3) is 2.15. The molecule has 0 saturated heterocycles. The van der Waals surface area contributed by atoms with E-state index in [-0.39, 0.29) is 0 Å². The van der Waals surface area contributed by atoms with E-state index in [0.717, 1.165) is 31.4 Å². The van der Waals surface area contributed by atoms with Gasteiger partial charge in [-0.2, -0.15) is 0 Å². The largest absolute Gasteiger partial charge is 0.334 e. The van der Waals surface area contributed by atoms with Crippen LogP contribution in [0.15, 0.2) is 12.4 Å². The van der Waals surface area contributed by atoms with Gasteiger partial charge in [0.15, 0.2) is 0 Å². The molecule has 0 aliphatic heterocycles. The molecule has 14 heavy (non-hydrogen) atoms. The van der Waals surface area contributed by atoms with Crippen molar-refractivity contribution in [3.8, 4) is 0 Å². The molecule has 3 heteroatoms. The second kappa shape index (κ2) is 4.60. The van der Waals surface area contributed by atoms with Crippen LogP contribution in [-0.2, 0) is 13.1 Å². The third-order valence-corrected chi connectivity index (χ3v) is 3.08. The van der Waals surface area contributed by atoms with E-state index >= 15 is 0 Å². The topological polar surface area (TPSA) is 29.9 Å². The van der Waals surface area contributed by atoms with Gasteiger partial charge in [-0.15, -0.1) is 0 Å². The van der Waals surface area contributed by atoms with E-state index in [0.29, 0.717) is 0 Å². The fourth-order valence-electron chi connectivity index (χ4n) is 1.88. The summed E-state index contributed by atoms with van der Waals surface area (Å²) in [5.41, 5.74) is 0. The number of hydrogen-bond donors (Lipinski definition) is 1. The molecule has 0 amide bonds. The van der Waals surface area contributed by atoms with E-state index < -0.39 is 0 Å². The molecule has 1 aliphatic carbocycles. The molecule has 0 bridgehead atoms. The van der Waals surface area contributed by atoms with E-state index in [1.807, 2.05) is 12.4 Å². The Hall–Kier alpha value is -0.830. The van der Waals surface area contributed by atoms with Gasteiger partial charge in [-0.1, -0.05) is 6.42 Å². The van der Waals surface area contributed by atoms with Gasteiger partial charge >= 0.3 is 0 Å². The predicted octanol–water partition coefficient (Wildman–Crippen LogP) is 1.79. The van der Waals surface area contributed by atoms with Crippen molar-refractivity contribution >= 4 is 0 Å². The normalized spacial score (nSPS) is 16.9. The molecule has 1 heterocycles. The number of aromatic nitrogens is 2. The summed E-state index contributed by atoms with van der Waals surface area (Å²) in [6.07, 6.45) is 8.17. The highest BCUT2D eigenvalue weighted by Gasteiger charge is 2.16. The van der Waals surface area contributed by atoms with Crippen molar-refractivity contribution in [3.05, 3.63) is 18.2 Å². The molecule has 0 spiro atoms. The maximum atomic E-state index is 4.33. The Morgan fingerprint density at radius 3 is 3.07 bits per heavy atom. The first-order valence-corrected chi connectivity index (χ1v) is 5.61. The van der Waals surface area contributed by atoms with Gasteiger partial charge in [-0.25, -0.2) is 4.98 Å². The minimum Gasteiger partial charge on any atom is -0.334 e. The second-order valence-corrected chi connectivity index (χ2v) is 4.06. The van der Waals surface area contributed by atoms with Crippen LogP contribution in [0.4, 0.5) is 0 Å². The van der Waals surface area contributed by atoms with E-state index in [9.17, 15) is 0 Å². The lowest BCUT2D eigenvalue weighted by atomic mass is 9.85. The molecule has 0 aromatic carbocycles. The first-order chi connectivity index (χ1) is 6.90. The number of nitrogens with zero attached hydrogens (tertiary/aromatic N) is 2. The van der Waals surface area contributed by atoms with Gasteiger partial charge < -0.3 is 9.88 Å². The van der Waals surface area contributed by atoms with E-state index in [1.54, 1.807) is 0 Å². The van der Waals surface area contributed by atoms with Crippen LogP contribution in [0.2, 0.25) is 0 Å². The van der Waals surface area contributed by atoms with Gasteiger partial charge in [-0.05, 0) is 32.2 Å². The summed E-state index contributed by atoms with van der Waals surface area (Å²) in [4.78, 5) is 4.33. The van der Waals surface area contributed by atoms with E-state index in [4.69, 9.17) is 0 Å². The molecule has 2 rings (SSSR count). The smallest absolute Gasteiger partial charge is 0.122 e. The Balaban J connectivity index is 1.73. The summed E-state index contributed by atoms with van der Waals surface area (Å²) in [6, 6.07) is 0. The molecule has 1 saturated carbocycles. The van der Waals surface area contributed by atoms with Gasteiger partial charge in [0.25, 0.3) is 0 Å². The van der Waals surface area contributed by atoms with Crippen molar-refractivity contribution in [2.24, 2.45) is 5.92 Å².